The van der Waals surface area contributed by atoms with Gasteiger partial charge in [0.1, 0.15) is 0 Å². The minimum atomic E-state index is 0.244. The lowest BCUT2D eigenvalue weighted by atomic mass is 9.87. The Bertz CT molecular complexity index is 1400. The van der Waals surface area contributed by atoms with Gasteiger partial charge in [-0.05, 0) is 59.9 Å². The molecule has 3 nitrogen and oxygen atoms in total. The molecule has 0 saturated carbocycles. The van der Waals surface area contributed by atoms with Crippen molar-refractivity contribution < 1.29 is 0 Å². The first kappa shape index (κ1) is 18.8. The van der Waals surface area contributed by atoms with Crippen LogP contribution in [-0.4, -0.2) is 14.6 Å². The van der Waals surface area contributed by atoms with Gasteiger partial charge in [0.25, 0.3) is 0 Å². The first-order chi connectivity index (χ1) is 14.3. The number of pyridine rings is 1. The number of aromatic nitrogens is 3. The van der Waals surface area contributed by atoms with E-state index in [0.29, 0.717) is 0 Å². The summed E-state index contributed by atoms with van der Waals surface area (Å²) >= 11 is 0. The maximum absolute atomic E-state index is 4.68. The van der Waals surface area contributed by atoms with Gasteiger partial charge in [0.05, 0.1) is 5.52 Å². The highest BCUT2D eigenvalue weighted by Gasteiger charge is 2.19. The molecule has 0 aliphatic carbocycles. The summed E-state index contributed by atoms with van der Waals surface area (Å²) in [5.41, 5.74) is 7.28. The van der Waals surface area contributed by atoms with Crippen LogP contribution in [0.3, 0.4) is 0 Å². The van der Waals surface area contributed by atoms with E-state index < -0.39 is 0 Å². The van der Waals surface area contributed by atoms with Crippen LogP contribution in [0, 0.1) is 19.3 Å². The maximum atomic E-state index is 4.68. The third-order valence-electron chi connectivity index (χ3n) is 5.86. The molecule has 0 fully saturated rings. The second kappa shape index (κ2) is 6.66. The van der Waals surface area contributed by atoms with Crippen molar-refractivity contribution in [3.05, 3.63) is 77.4 Å². The highest BCUT2D eigenvalue weighted by molar-refractivity contribution is 6.12. The van der Waals surface area contributed by atoms with Crippen molar-refractivity contribution in [1.29, 1.82) is 0 Å². The second-order valence-electron chi connectivity index (χ2n) is 9.58. The Morgan fingerprint density at radius 1 is 0.767 bits per heavy atom. The summed E-state index contributed by atoms with van der Waals surface area (Å²) in [6, 6.07) is 21.8. The van der Waals surface area contributed by atoms with Crippen molar-refractivity contribution >= 4 is 27.3 Å². The van der Waals surface area contributed by atoms with Gasteiger partial charge in [0.15, 0.2) is 11.5 Å². The van der Waals surface area contributed by atoms with Crippen molar-refractivity contribution in [2.45, 2.75) is 41.0 Å². The number of benzene rings is 3. The number of rotatable bonds is 2. The van der Waals surface area contributed by atoms with Gasteiger partial charge in [-0.15, -0.1) is 10.2 Å². The average molecular weight is 394 g/mol. The van der Waals surface area contributed by atoms with Crippen LogP contribution in [0.4, 0.5) is 0 Å². The Balaban J connectivity index is 1.92. The van der Waals surface area contributed by atoms with Crippen LogP contribution in [0.1, 0.15) is 37.5 Å². The summed E-state index contributed by atoms with van der Waals surface area (Å²) < 4.78 is 2.24. The van der Waals surface area contributed by atoms with Crippen molar-refractivity contribution in [2.75, 3.05) is 0 Å². The van der Waals surface area contributed by atoms with Crippen LogP contribution in [-0.2, 0) is 6.42 Å². The van der Waals surface area contributed by atoms with Gasteiger partial charge in [-0.1, -0.05) is 69.3 Å². The lowest BCUT2D eigenvalue weighted by Crippen LogP contribution is -2.09. The lowest BCUT2D eigenvalue weighted by Gasteiger charge is -2.19. The van der Waals surface area contributed by atoms with E-state index in [1.807, 2.05) is 0 Å². The van der Waals surface area contributed by atoms with Gasteiger partial charge >= 0.3 is 0 Å². The minimum Gasteiger partial charge on any atom is -0.274 e. The first-order valence-corrected chi connectivity index (χ1v) is 10.6. The molecule has 0 N–H and O–H groups in total. The molecule has 3 aromatic carbocycles. The normalized spacial score (nSPS) is 12.3. The standard InChI is InChI=1S/C27H27N3/c1-17-9-8-10-18(2)24(17)26-29-28-25-21-12-7-6-11-20(21)22-15-19(16-27(3,4)5)13-14-23(22)30(25)26/h6-15H,16H2,1-5H3. The quantitative estimate of drug-likeness (QED) is 0.305. The predicted octanol–water partition coefficient (Wildman–Crippen LogP) is 6.91. The molecule has 0 spiro atoms. The summed E-state index contributed by atoms with van der Waals surface area (Å²) in [7, 11) is 0. The summed E-state index contributed by atoms with van der Waals surface area (Å²) in [6.07, 6.45) is 1.04. The van der Waals surface area contributed by atoms with E-state index in [-0.39, 0.29) is 5.41 Å². The average Bonchev–Trinajstić information content (AvgIpc) is 3.12. The summed E-state index contributed by atoms with van der Waals surface area (Å²) in [6.45, 7) is 11.2. The Hall–Kier alpha value is -3.20. The molecule has 0 unspecified atom stereocenters. The summed E-state index contributed by atoms with van der Waals surface area (Å²) in [5, 5.41) is 13.0. The molecule has 3 heteroatoms. The third kappa shape index (κ3) is 2.97. The van der Waals surface area contributed by atoms with Crippen LogP contribution in [0.2, 0.25) is 0 Å². The van der Waals surface area contributed by atoms with E-state index >= 15 is 0 Å². The van der Waals surface area contributed by atoms with Crippen molar-refractivity contribution in [3.8, 4) is 11.4 Å². The Morgan fingerprint density at radius 2 is 1.47 bits per heavy atom. The van der Waals surface area contributed by atoms with Gasteiger partial charge in [0.2, 0.25) is 0 Å². The fourth-order valence-electron chi connectivity index (χ4n) is 4.65. The van der Waals surface area contributed by atoms with E-state index in [0.717, 1.165) is 28.8 Å². The van der Waals surface area contributed by atoms with Crippen LogP contribution in [0.25, 0.3) is 38.7 Å². The molecule has 0 amide bonds. The molecular formula is C27H27N3. The topological polar surface area (TPSA) is 30.2 Å². The Morgan fingerprint density at radius 3 is 2.17 bits per heavy atom. The molecule has 0 radical (unpaired) electrons. The lowest BCUT2D eigenvalue weighted by molar-refractivity contribution is 0.411. The van der Waals surface area contributed by atoms with Crippen LogP contribution in [0.5, 0.6) is 0 Å². The molecular weight excluding hydrogens is 366 g/mol. The van der Waals surface area contributed by atoms with E-state index in [1.54, 1.807) is 0 Å². The molecule has 0 atom stereocenters. The van der Waals surface area contributed by atoms with Crippen molar-refractivity contribution in [2.24, 2.45) is 5.41 Å². The molecule has 30 heavy (non-hydrogen) atoms. The molecule has 0 aliphatic heterocycles. The third-order valence-corrected chi connectivity index (χ3v) is 5.86. The van der Waals surface area contributed by atoms with Gasteiger partial charge in [0, 0.05) is 16.3 Å². The zero-order valence-corrected chi connectivity index (χ0v) is 18.3. The SMILES string of the molecule is Cc1cccc(C)c1-c1nnc2c3ccccc3c3cc(CC(C)(C)C)ccc3n12. The van der Waals surface area contributed by atoms with Gasteiger partial charge in [-0.25, -0.2) is 0 Å². The van der Waals surface area contributed by atoms with E-state index in [9.17, 15) is 0 Å². The van der Waals surface area contributed by atoms with E-state index in [2.05, 4.69) is 110 Å². The van der Waals surface area contributed by atoms with Gasteiger partial charge < -0.3 is 0 Å². The smallest absolute Gasteiger partial charge is 0.169 e. The van der Waals surface area contributed by atoms with Crippen molar-refractivity contribution in [1.82, 2.24) is 14.6 Å². The first-order valence-electron chi connectivity index (χ1n) is 10.6. The Labute approximate surface area is 177 Å². The van der Waals surface area contributed by atoms with Crippen LogP contribution < -0.4 is 0 Å². The number of nitrogens with zero attached hydrogens (tertiary/aromatic N) is 3. The molecule has 0 aliphatic rings. The Kier molecular flexibility index (Phi) is 4.18. The predicted molar refractivity (Wildman–Crippen MR) is 126 cm³/mol. The number of fused-ring (bicyclic) bond motifs is 6. The molecule has 0 saturated heterocycles. The highest BCUT2D eigenvalue weighted by Crippen LogP contribution is 2.35. The largest absolute Gasteiger partial charge is 0.274 e. The van der Waals surface area contributed by atoms with Crippen LogP contribution in [0.15, 0.2) is 60.7 Å². The maximum Gasteiger partial charge on any atom is 0.169 e. The highest BCUT2D eigenvalue weighted by atomic mass is 15.2. The monoisotopic (exact) mass is 393 g/mol. The fourth-order valence-corrected chi connectivity index (χ4v) is 4.65. The summed E-state index contributed by atoms with van der Waals surface area (Å²) in [4.78, 5) is 0. The van der Waals surface area contributed by atoms with Crippen LogP contribution >= 0.6 is 0 Å². The van der Waals surface area contributed by atoms with Gasteiger partial charge in [-0.3, -0.25) is 4.40 Å². The number of aryl methyl sites for hydroxylation is 2. The second-order valence-corrected chi connectivity index (χ2v) is 9.58. The molecule has 0 bridgehead atoms. The zero-order valence-electron chi connectivity index (χ0n) is 18.3. The number of hydrogen-bond acceptors (Lipinski definition) is 2. The molecule has 2 heterocycles. The molecule has 150 valence electrons. The van der Waals surface area contributed by atoms with E-state index in [1.165, 1.54) is 33.0 Å². The fraction of sp³-hybridized carbons (Fsp3) is 0.259. The molecule has 5 aromatic rings. The van der Waals surface area contributed by atoms with Crippen molar-refractivity contribution in [3.63, 3.8) is 0 Å². The zero-order chi connectivity index (χ0) is 21.0. The minimum absolute atomic E-state index is 0.244. The molecule has 2 aromatic heterocycles. The van der Waals surface area contributed by atoms with E-state index in [4.69, 9.17) is 0 Å². The van der Waals surface area contributed by atoms with Gasteiger partial charge in [-0.2, -0.15) is 0 Å². The molecule has 5 rings (SSSR count). The number of hydrogen-bond donors (Lipinski definition) is 0. The summed E-state index contributed by atoms with van der Waals surface area (Å²) in [5.74, 6) is 0.917.